The van der Waals surface area contributed by atoms with Crippen LogP contribution in [0.3, 0.4) is 0 Å². The highest BCUT2D eigenvalue weighted by Crippen LogP contribution is 2.28. The number of aromatic nitrogens is 1. The van der Waals surface area contributed by atoms with E-state index < -0.39 is 0 Å². The molecule has 1 aliphatic heterocycles. The summed E-state index contributed by atoms with van der Waals surface area (Å²) in [6.45, 7) is 3.58. The Morgan fingerprint density at radius 1 is 1.11 bits per heavy atom. The normalized spacial score (nSPS) is 15.8. The SMILES string of the molecule is COc1ccccc1NC(=O)N1CCN(C(=O)c2cc3ccsc3n2Cc2cccc(F)c2)C[C@@H]1C. The van der Waals surface area contributed by atoms with E-state index in [0.717, 1.165) is 15.8 Å². The number of nitrogens with zero attached hydrogens (tertiary/aromatic N) is 3. The number of hydrogen-bond donors (Lipinski definition) is 1. The minimum Gasteiger partial charge on any atom is -0.495 e. The Morgan fingerprint density at radius 3 is 2.72 bits per heavy atom. The number of halogens is 1. The first-order valence-corrected chi connectivity index (χ1v) is 12.6. The van der Waals surface area contributed by atoms with Gasteiger partial charge in [0.2, 0.25) is 0 Å². The fourth-order valence-corrected chi connectivity index (χ4v) is 5.56. The van der Waals surface area contributed by atoms with Crippen molar-refractivity contribution in [2.75, 3.05) is 32.1 Å². The molecule has 2 aromatic heterocycles. The predicted octanol–water partition coefficient (Wildman–Crippen LogP) is 5.28. The number of piperazine rings is 1. The molecule has 9 heteroatoms. The second-order valence-corrected chi connectivity index (χ2v) is 9.75. The van der Waals surface area contributed by atoms with Crippen LogP contribution in [0.2, 0.25) is 0 Å². The number of amides is 3. The van der Waals surface area contributed by atoms with Crippen molar-refractivity contribution in [2.45, 2.75) is 19.5 Å². The van der Waals surface area contributed by atoms with Gasteiger partial charge in [-0.25, -0.2) is 9.18 Å². The van der Waals surface area contributed by atoms with E-state index in [1.807, 2.05) is 47.2 Å². The molecule has 36 heavy (non-hydrogen) atoms. The molecule has 0 unspecified atom stereocenters. The summed E-state index contributed by atoms with van der Waals surface area (Å²) in [6.07, 6.45) is 0. The molecule has 1 N–H and O–H groups in total. The van der Waals surface area contributed by atoms with Crippen molar-refractivity contribution < 1.29 is 18.7 Å². The van der Waals surface area contributed by atoms with Crippen LogP contribution >= 0.6 is 11.3 Å². The van der Waals surface area contributed by atoms with Crippen molar-refractivity contribution in [3.63, 3.8) is 0 Å². The van der Waals surface area contributed by atoms with Crippen LogP contribution in [0, 0.1) is 5.82 Å². The molecule has 0 bridgehead atoms. The molecule has 1 fully saturated rings. The van der Waals surface area contributed by atoms with Crippen molar-refractivity contribution in [3.8, 4) is 5.75 Å². The van der Waals surface area contributed by atoms with Crippen LogP contribution in [0.5, 0.6) is 5.75 Å². The molecule has 3 heterocycles. The molecule has 0 radical (unpaired) electrons. The summed E-state index contributed by atoms with van der Waals surface area (Å²) >= 11 is 1.56. The monoisotopic (exact) mass is 506 g/mol. The molecule has 5 rings (SSSR count). The first-order chi connectivity index (χ1) is 17.4. The quantitative estimate of drug-likeness (QED) is 0.401. The van der Waals surface area contributed by atoms with Crippen LogP contribution in [-0.4, -0.2) is 59.1 Å². The van der Waals surface area contributed by atoms with Crippen LogP contribution in [0.25, 0.3) is 10.2 Å². The third kappa shape index (κ3) is 4.66. The lowest BCUT2D eigenvalue weighted by atomic mass is 10.1. The minimum absolute atomic E-state index is 0.0913. The van der Waals surface area contributed by atoms with E-state index >= 15 is 0 Å². The maximum atomic E-state index is 13.8. The summed E-state index contributed by atoms with van der Waals surface area (Å²) in [7, 11) is 1.56. The van der Waals surface area contributed by atoms with Gasteiger partial charge in [-0.2, -0.15) is 0 Å². The van der Waals surface area contributed by atoms with Crippen molar-refractivity contribution in [3.05, 3.63) is 83.1 Å². The van der Waals surface area contributed by atoms with Crippen molar-refractivity contribution in [1.29, 1.82) is 0 Å². The van der Waals surface area contributed by atoms with E-state index in [0.29, 0.717) is 43.3 Å². The zero-order chi connectivity index (χ0) is 25.2. The molecule has 1 atom stereocenters. The number of urea groups is 1. The third-order valence-corrected chi connectivity index (χ3v) is 7.43. The summed E-state index contributed by atoms with van der Waals surface area (Å²) < 4.78 is 21.1. The molecule has 3 amide bonds. The lowest BCUT2D eigenvalue weighted by Gasteiger charge is -2.39. The number of hydrogen-bond acceptors (Lipinski definition) is 4. The molecule has 4 aromatic rings. The topological polar surface area (TPSA) is 66.8 Å². The predicted molar refractivity (Wildman–Crippen MR) is 139 cm³/mol. The first-order valence-electron chi connectivity index (χ1n) is 11.8. The van der Waals surface area contributed by atoms with Gasteiger partial charge < -0.3 is 24.4 Å². The number of anilines is 1. The van der Waals surface area contributed by atoms with Crippen LogP contribution < -0.4 is 10.1 Å². The van der Waals surface area contributed by atoms with E-state index in [-0.39, 0.29) is 23.8 Å². The summed E-state index contributed by atoms with van der Waals surface area (Å²) in [5.41, 5.74) is 1.97. The van der Waals surface area contributed by atoms with Gasteiger partial charge in [0.25, 0.3) is 5.91 Å². The third-order valence-electron chi connectivity index (χ3n) is 6.48. The lowest BCUT2D eigenvalue weighted by molar-refractivity contribution is 0.0583. The number of methoxy groups -OCH3 is 1. The van der Waals surface area contributed by atoms with Crippen LogP contribution in [0.4, 0.5) is 14.9 Å². The summed E-state index contributed by atoms with van der Waals surface area (Å²) in [4.78, 5) is 31.1. The zero-order valence-corrected chi connectivity index (χ0v) is 20.9. The molecular formula is C27H27FN4O3S. The second kappa shape index (κ2) is 10.0. The average Bonchev–Trinajstić information content (AvgIpc) is 3.46. The maximum Gasteiger partial charge on any atom is 0.322 e. The van der Waals surface area contributed by atoms with Crippen LogP contribution in [0.1, 0.15) is 23.0 Å². The molecule has 7 nitrogen and oxygen atoms in total. The standard InChI is InChI=1S/C27H27FN4O3S/c1-18-16-30(11-12-31(18)27(34)29-22-8-3-4-9-24(22)35-2)25(33)23-15-20-10-13-36-26(20)32(23)17-19-6-5-7-21(28)14-19/h3-10,13-15,18H,11-12,16-17H2,1-2H3,(H,29,34)/t18-/m0/s1. The van der Waals surface area contributed by atoms with E-state index in [1.54, 1.807) is 46.4 Å². The fourth-order valence-electron chi connectivity index (χ4n) is 4.67. The Kier molecular flexibility index (Phi) is 6.65. The molecule has 0 saturated carbocycles. The van der Waals surface area contributed by atoms with Crippen molar-refractivity contribution >= 4 is 39.2 Å². The van der Waals surface area contributed by atoms with Gasteiger partial charge in [0.15, 0.2) is 0 Å². The molecule has 186 valence electrons. The van der Waals surface area contributed by atoms with Gasteiger partial charge in [0.1, 0.15) is 22.1 Å². The fraction of sp³-hybridized carbons (Fsp3) is 0.259. The summed E-state index contributed by atoms with van der Waals surface area (Å²) in [6, 6.07) is 17.2. The Hall–Kier alpha value is -3.85. The van der Waals surface area contributed by atoms with Crippen LogP contribution in [-0.2, 0) is 6.54 Å². The Labute approximate surface area is 212 Å². The Bertz CT molecular complexity index is 1420. The molecule has 2 aromatic carbocycles. The highest BCUT2D eigenvalue weighted by atomic mass is 32.1. The number of para-hydroxylation sites is 2. The van der Waals surface area contributed by atoms with Gasteiger partial charge in [0, 0.05) is 37.6 Å². The number of benzene rings is 2. The Balaban J connectivity index is 1.32. The number of fused-ring (bicyclic) bond motifs is 1. The van der Waals surface area contributed by atoms with Gasteiger partial charge in [-0.1, -0.05) is 24.3 Å². The van der Waals surface area contributed by atoms with Gasteiger partial charge in [0.05, 0.1) is 12.8 Å². The second-order valence-electron chi connectivity index (χ2n) is 8.85. The summed E-state index contributed by atoms with van der Waals surface area (Å²) in [5, 5.41) is 5.89. The minimum atomic E-state index is -0.300. The first kappa shape index (κ1) is 23.9. The lowest BCUT2D eigenvalue weighted by Crippen LogP contribution is -2.56. The van der Waals surface area contributed by atoms with Crippen LogP contribution in [0.15, 0.2) is 66.0 Å². The number of thiophene rings is 1. The number of rotatable bonds is 5. The van der Waals surface area contributed by atoms with Gasteiger partial charge in [-0.05, 0) is 54.3 Å². The van der Waals surface area contributed by atoms with E-state index in [4.69, 9.17) is 4.74 Å². The van der Waals surface area contributed by atoms with Crippen molar-refractivity contribution in [2.24, 2.45) is 0 Å². The van der Waals surface area contributed by atoms with E-state index in [2.05, 4.69) is 5.32 Å². The largest absolute Gasteiger partial charge is 0.495 e. The molecular weight excluding hydrogens is 479 g/mol. The summed E-state index contributed by atoms with van der Waals surface area (Å²) in [5.74, 6) is 0.198. The van der Waals surface area contributed by atoms with E-state index in [9.17, 15) is 14.0 Å². The van der Waals surface area contributed by atoms with Gasteiger partial charge >= 0.3 is 6.03 Å². The Morgan fingerprint density at radius 2 is 1.94 bits per heavy atom. The molecule has 0 aliphatic carbocycles. The maximum absolute atomic E-state index is 13.8. The average molecular weight is 507 g/mol. The van der Waals surface area contributed by atoms with E-state index in [1.165, 1.54) is 12.1 Å². The molecule has 1 saturated heterocycles. The van der Waals surface area contributed by atoms with Crippen molar-refractivity contribution in [1.82, 2.24) is 14.4 Å². The smallest absolute Gasteiger partial charge is 0.322 e. The van der Waals surface area contributed by atoms with Gasteiger partial charge in [-0.3, -0.25) is 4.79 Å². The molecule has 1 aliphatic rings. The zero-order valence-electron chi connectivity index (χ0n) is 20.1. The molecule has 0 spiro atoms. The number of nitrogens with one attached hydrogen (secondary N) is 1. The number of carbonyl (C=O) groups excluding carboxylic acids is 2. The highest BCUT2D eigenvalue weighted by molar-refractivity contribution is 7.16. The highest BCUT2D eigenvalue weighted by Gasteiger charge is 2.32. The number of ether oxygens (including phenoxy) is 1. The van der Waals surface area contributed by atoms with Gasteiger partial charge in [-0.15, -0.1) is 11.3 Å². The number of carbonyl (C=O) groups is 2.